The largest absolute Gasteiger partial charge is 0.390 e. The maximum atomic E-state index is 13.4. The van der Waals surface area contributed by atoms with E-state index in [2.05, 4.69) is 0 Å². The van der Waals surface area contributed by atoms with Crippen LogP contribution in [0.5, 0.6) is 0 Å². The number of halogens is 1. The molecule has 4 aliphatic rings. The molecule has 1 aromatic rings. The van der Waals surface area contributed by atoms with Crippen LogP contribution in [-0.2, 0) is 14.3 Å². The normalized spacial score (nSPS) is 43.3. The number of amides is 1. The average Bonchev–Trinajstić information content (AvgIpc) is 3.08. The predicted octanol–water partition coefficient (Wildman–Crippen LogP) is 2.22. The maximum absolute atomic E-state index is 13.4. The third-order valence-corrected chi connectivity index (χ3v) is 6.97. The van der Waals surface area contributed by atoms with E-state index in [9.17, 15) is 9.90 Å². The fourth-order valence-corrected chi connectivity index (χ4v) is 5.78. The van der Waals surface area contributed by atoms with Gasteiger partial charge in [0.2, 0.25) is 5.91 Å². The molecule has 1 aromatic carbocycles. The van der Waals surface area contributed by atoms with Gasteiger partial charge in [-0.15, -0.1) is 0 Å². The first-order valence-corrected chi connectivity index (χ1v) is 9.32. The Bertz CT molecular complexity index is 854. The van der Waals surface area contributed by atoms with Crippen LogP contribution in [-0.4, -0.2) is 41.2 Å². The van der Waals surface area contributed by atoms with Gasteiger partial charge in [0.15, 0.2) is 0 Å². The molecule has 1 amide bonds. The Labute approximate surface area is 156 Å². The molecule has 2 bridgehead atoms. The standard InChI is InChI=1S/C19H19ClN2O4/c1-18-13(23)8-19(26-18)5-2-6-25-17-15(19)14(18)16(24)22(17)11-4-3-10(9-21)12(20)7-11/h3-4,7,13-15,17,23H,2,5-6,8H2,1H3/t13-,14-,15?,17+,18-,19+/m1/s1. The molecule has 1 unspecified atom stereocenters. The summed E-state index contributed by atoms with van der Waals surface area (Å²) in [5.41, 5.74) is -0.411. The van der Waals surface area contributed by atoms with Crippen molar-refractivity contribution in [2.24, 2.45) is 11.8 Å². The topological polar surface area (TPSA) is 82.8 Å². The summed E-state index contributed by atoms with van der Waals surface area (Å²) in [5, 5.41) is 20.0. The molecule has 26 heavy (non-hydrogen) atoms. The number of aliphatic hydroxyl groups is 1. The summed E-state index contributed by atoms with van der Waals surface area (Å²) in [5.74, 6) is -0.658. The lowest BCUT2D eigenvalue weighted by Crippen LogP contribution is -2.49. The summed E-state index contributed by atoms with van der Waals surface area (Å²) >= 11 is 6.20. The van der Waals surface area contributed by atoms with Crippen molar-refractivity contribution in [2.75, 3.05) is 11.5 Å². The second-order valence-electron chi connectivity index (χ2n) is 7.92. The summed E-state index contributed by atoms with van der Waals surface area (Å²) in [6, 6.07) is 7.02. The van der Waals surface area contributed by atoms with E-state index in [0.717, 1.165) is 12.8 Å². The molecule has 0 saturated carbocycles. The summed E-state index contributed by atoms with van der Waals surface area (Å²) in [6.07, 6.45) is 1.06. The molecule has 136 valence electrons. The number of aliphatic hydroxyl groups excluding tert-OH is 1. The van der Waals surface area contributed by atoms with Crippen molar-refractivity contribution in [3.8, 4) is 6.07 Å². The monoisotopic (exact) mass is 374 g/mol. The SMILES string of the molecule is C[C@]12O[C@@]3(CCCO[C@H]4C3[C@@H]1C(=O)N4c1ccc(C#N)c(Cl)c1)C[C@H]2O. The zero-order valence-corrected chi connectivity index (χ0v) is 15.1. The molecule has 5 rings (SSSR count). The van der Waals surface area contributed by atoms with Crippen LogP contribution >= 0.6 is 11.6 Å². The highest BCUT2D eigenvalue weighted by Crippen LogP contribution is 2.64. The van der Waals surface area contributed by atoms with Crippen molar-refractivity contribution in [2.45, 2.75) is 49.7 Å². The predicted molar refractivity (Wildman–Crippen MR) is 92.5 cm³/mol. The summed E-state index contributed by atoms with van der Waals surface area (Å²) in [7, 11) is 0. The Balaban J connectivity index is 1.63. The second-order valence-corrected chi connectivity index (χ2v) is 8.33. The van der Waals surface area contributed by atoms with Gasteiger partial charge in [0, 0.05) is 24.6 Å². The van der Waals surface area contributed by atoms with Gasteiger partial charge in [-0.2, -0.15) is 5.26 Å². The van der Waals surface area contributed by atoms with Gasteiger partial charge < -0.3 is 14.6 Å². The van der Waals surface area contributed by atoms with Gasteiger partial charge in [-0.05, 0) is 38.0 Å². The minimum Gasteiger partial charge on any atom is -0.390 e. The van der Waals surface area contributed by atoms with Crippen molar-refractivity contribution in [1.29, 1.82) is 5.26 Å². The van der Waals surface area contributed by atoms with Gasteiger partial charge in [-0.1, -0.05) is 11.6 Å². The second kappa shape index (κ2) is 5.20. The number of nitrogens with zero attached hydrogens (tertiary/aromatic N) is 2. The highest BCUT2D eigenvalue weighted by atomic mass is 35.5. The molecule has 4 fully saturated rings. The molecule has 1 spiro atoms. The molecule has 6 nitrogen and oxygen atoms in total. The van der Waals surface area contributed by atoms with E-state index in [1.807, 2.05) is 13.0 Å². The van der Waals surface area contributed by atoms with Gasteiger partial charge in [-0.25, -0.2) is 0 Å². The van der Waals surface area contributed by atoms with E-state index < -0.39 is 29.5 Å². The Morgan fingerprint density at radius 3 is 3.00 bits per heavy atom. The zero-order valence-electron chi connectivity index (χ0n) is 14.3. The number of fused-ring (bicyclic) bond motifs is 2. The number of rotatable bonds is 1. The van der Waals surface area contributed by atoms with Crippen LogP contribution < -0.4 is 4.90 Å². The van der Waals surface area contributed by atoms with Gasteiger partial charge in [0.1, 0.15) is 17.9 Å². The highest BCUT2D eigenvalue weighted by Gasteiger charge is 2.77. The minimum atomic E-state index is -0.883. The molecule has 0 aliphatic carbocycles. The molecular weight excluding hydrogens is 356 g/mol. The third kappa shape index (κ3) is 1.84. The van der Waals surface area contributed by atoms with E-state index in [1.54, 1.807) is 23.1 Å². The maximum Gasteiger partial charge on any atom is 0.235 e. The van der Waals surface area contributed by atoms with Crippen molar-refractivity contribution < 1.29 is 19.4 Å². The van der Waals surface area contributed by atoms with E-state index in [0.29, 0.717) is 29.3 Å². The molecule has 4 saturated heterocycles. The first kappa shape index (κ1) is 16.5. The van der Waals surface area contributed by atoms with Crippen LogP contribution in [0.15, 0.2) is 18.2 Å². The number of nitriles is 1. The lowest BCUT2D eigenvalue weighted by atomic mass is 9.65. The molecule has 0 aromatic heterocycles. The van der Waals surface area contributed by atoms with Crippen LogP contribution in [0.4, 0.5) is 5.69 Å². The number of carbonyl (C=O) groups is 1. The Morgan fingerprint density at radius 2 is 2.27 bits per heavy atom. The first-order chi connectivity index (χ1) is 12.4. The molecule has 1 N–H and O–H groups in total. The number of carbonyl (C=O) groups excluding carboxylic acids is 1. The minimum absolute atomic E-state index is 0.106. The van der Waals surface area contributed by atoms with Crippen molar-refractivity contribution in [3.05, 3.63) is 28.8 Å². The van der Waals surface area contributed by atoms with Crippen LogP contribution in [0, 0.1) is 23.2 Å². The molecule has 7 heteroatoms. The average molecular weight is 375 g/mol. The van der Waals surface area contributed by atoms with Gasteiger partial charge in [0.25, 0.3) is 0 Å². The number of hydrogen-bond donors (Lipinski definition) is 1. The molecule has 4 aliphatic heterocycles. The summed E-state index contributed by atoms with van der Waals surface area (Å²) in [4.78, 5) is 15.0. The number of hydrogen-bond acceptors (Lipinski definition) is 5. The van der Waals surface area contributed by atoms with Crippen molar-refractivity contribution in [1.82, 2.24) is 0 Å². The Hall–Kier alpha value is -1.65. The van der Waals surface area contributed by atoms with Crippen LogP contribution in [0.25, 0.3) is 0 Å². The van der Waals surface area contributed by atoms with Gasteiger partial charge in [0.05, 0.1) is 28.2 Å². The number of ether oxygens (including phenoxy) is 2. The number of anilines is 1. The Kier molecular flexibility index (Phi) is 3.31. The molecule has 0 radical (unpaired) electrons. The summed E-state index contributed by atoms with van der Waals surface area (Å²) in [6.45, 7) is 2.38. The Morgan fingerprint density at radius 1 is 1.46 bits per heavy atom. The van der Waals surface area contributed by atoms with E-state index in [4.69, 9.17) is 26.3 Å². The van der Waals surface area contributed by atoms with Crippen molar-refractivity contribution in [3.63, 3.8) is 0 Å². The lowest BCUT2D eigenvalue weighted by Gasteiger charge is -2.35. The molecular formula is C19H19ClN2O4. The molecule has 6 atom stereocenters. The first-order valence-electron chi connectivity index (χ1n) is 8.94. The van der Waals surface area contributed by atoms with E-state index in [-0.39, 0.29) is 11.8 Å². The quantitative estimate of drug-likeness (QED) is 0.815. The number of benzene rings is 1. The van der Waals surface area contributed by atoms with Crippen LogP contribution in [0.2, 0.25) is 5.02 Å². The third-order valence-electron chi connectivity index (χ3n) is 6.66. The fraction of sp³-hybridized carbons (Fsp3) is 0.579. The lowest BCUT2D eigenvalue weighted by molar-refractivity contribution is -0.132. The summed E-state index contributed by atoms with van der Waals surface area (Å²) < 4.78 is 12.5. The smallest absolute Gasteiger partial charge is 0.235 e. The van der Waals surface area contributed by atoms with Crippen molar-refractivity contribution >= 4 is 23.2 Å². The fourth-order valence-electron chi connectivity index (χ4n) is 5.56. The van der Waals surface area contributed by atoms with E-state index >= 15 is 0 Å². The molecule has 4 heterocycles. The van der Waals surface area contributed by atoms with Crippen LogP contribution in [0.1, 0.15) is 31.7 Å². The van der Waals surface area contributed by atoms with Crippen LogP contribution in [0.3, 0.4) is 0 Å². The van der Waals surface area contributed by atoms with Gasteiger partial charge >= 0.3 is 0 Å². The zero-order chi connectivity index (χ0) is 18.3. The van der Waals surface area contributed by atoms with Gasteiger partial charge in [-0.3, -0.25) is 9.69 Å². The highest BCUT2D eigenvalue weighted by molar-refractivity contribution is 6.32. The van der Waals surface area contributed by atoms with E-state index in [1.165, 1.54) is 0 Å².